The standard InChI is InChI=1S/C16H22N2O2/c1-3-9-17-12-16(19)18-10-5-8-15(18)13-6-4-7-14(11-13)20-2/h3-4,6-7,11,15,17H,1,5,8-10,12H2,2H3. The summed E-state index contributed by atoms with van der Waals surface area (Å²) >= 11 is 0. The first-order valence-corrected chi connectivity index (χ1v) is 7.01. The molecule has 0 aromatic heterocycles. The van der Waals surface area contributed by atoms with Gasteiger partial charge in [-0.3, -0.25) is 4.79 Å². The Morgan fingerprint density at radius 1 is 1.60 bits per heavy atom. The average Bonchev–Trinajstić information content (AvgIpc) is 2.97. The lowest BCUT2D eigenvalue weighted by atomic mass is 10.0. The number of carbonyl (C=O) groups is 1. The Hall–Kier alpha value is -1.81. The molecule has 1 saturated heterocycles. The minimum atomic E-state index is 0.150. The summed E-state index contributed by atoms with van der Waals surface area (Å²) in [6, 6.07) is 8.16. The second-order valence-corrected chi connectivity index (χ2v) is 4.94. The first-order valence-electron chi connectivity index (χ1n) is 7.01. The molecule has 0 radical (unpaired) electrons. The van der Waals surface area contributed by atoms with Gasteiger partial charge in [0.15, 0.2) is 0 Å². The molecule has 2 rings (SSSR count). The number of rotatable bonds is 6. The highest BCUT2D eigenvalue weighted by Gasteiger charge is 2.29. The van der Waals surface area contributed by atoms with Gasteiger partial charge in [0, 0.05) is 13.1 Å². The smallest absolute Gasteiger partial charge is 0.237 e. The van der Waals surface area contributed by atoms with Crippen molar-refractivity contribution in [1.82, 2.24) is 10.2 Å². The van der Waals surface area contributed by atoms with Crippen LogP contribution in [-0.4, -0.2) is 37.6 Å². The summed E-state index contributed by atoms with van der Waals surface area (Å²) in [5, 5.41) is 3.07. The van der Waals surface area contributed by atoms with E-state index < -0.39 is 0 Å². The fraction of sp³-hybridized carbons (Fsp3) is 0.438. The second kappa shape index (κ2) is 7.10. The monoisotopic (exact) mass is 274 g/mol. The van der Waals surface area contributed by atoms with Crippen LogP contribution in [0.15, 0.2) is 36.9 Å². The second-order valence-electron chi connectivity index (χ2n) is 4.94. The van der Waals surface area contributed by atoms with Gasteiger partial charge in [0.25, 0.3) is 0 Å². The molecule has 1 amide bonds. The lowest BCUT2D eigenvalue weighted by molar-refractivity contribution is -0.131. The van der Waals surface area contributed by atoms with Crippen molar-refractivity contribution >= 4 is 5.91 Å². The van der Waals surface area contributed by atoms with Crippen LogP contribution in [0.3, 0.4) is 0 Å². The zero-order chi connectivity index (χ0) is 14.4. The van der Waals surface area contributed by atoms with Gasteiger partial charge in [0.1, 0.15) is 5.75 Å². The molecule has 1 N–H and O–H groups in total. The molecule has 108 valence electrons. The molecular weight excluding hydrogens is 252 g/mol. The molecule has 1 aromatic carbocycles. The Balaban J connectivity index is 2.06. The first kappa shape index (κ1) is 14.6. The number of methoxy groups -OCH3 is 1. The molecule has 1 aliphatic rings. The van der Waals surface area contributed by atoms with Crippen molar-refractivity contribution in [3.8, 4) is 5.75 Å². The number of nitrogens with one attached hydrogen (secondary N) is 1. The number of ether oxygens (including phenoxy) is 1. The number of benzene rings is 1. The molecule has 0 saturated carbocycles. The summed E-state index contributed by atoms with van der Waals surface area (Å²) < 4.78 is 5.26. The number of hydrogen-bond donors (Lipinski definition) is 1. The summed E-state index contributed by atoms with van der Waals surface area (Å²) in [4.78, 5) is 14.2. The van der Waals surface area contributed by atoms with Crippen LogP contribution < -0.4 is 10.1 Å². The molecule has 0 spiro atoms. The number of nitrogens with zero attached hydrogens (tertiary/aromatic N) is 1. The maximum Gasteiger partial charge on any atom is 0.237 e. The van der Waals surface area contributed by atoms with E-state index in [-0.39, 0.29) is 11.9 Å². The van der Waals surface area contributed by atoms with Gasteiger partial charge in [-0.2, -0.15) is 0 Å². The van der Waals surface area contributed by atoms with Crippen LogP contribution in [0.5, 0.6) is 5.75 Å². The van der Waals surface area contributed by atoms with Crippen molar-refractivity contribution in [2.45, 2.75) is 18.9 Å². The maximum atomic E-state index is 12.3. The van der Waals surface area contributed by atoms with Gasteiger partial charge >= 0.3 is 0 Å². The Morgan fingerprint density at radius 3 is 3.20 bits per heavy atom. The van der Waals surface area contributed by atoms with Crippen molar-refractivity contribution in [3.63, 3.8) is 0 Å². The van der Waals surface area contributed by atoms with Gasteiger partial charge in [-0.25, -0.2) is 0 Å². The third-order valence-electron chi connectivity index (χ3n) is 3.62. The summed E-state index contributed by atoms with van der Waals surface area (Å²) in [7, 11) is 1.66. The molecular formula is C16H22N2O2. The number of amides is 1. The molecule has 1 heterocycles. The van der Waals surface area contributed by atoms with E-state index in [1.165, 1.54) is 0 Å². The Morgan fingerprint density at radius 2 is 2.45 bits per heavy atom. The molecule has 1 unspecified atom stereocenters. The maximum absolute atomic E-state index is 12.3. The van der Waals surface area contributed by atoms with Crippen molar-refractivity contribution in [2.24, 2.45) is 0 Å². The summed E-state index contributed by atoms with van der Waals surface area (Å²) in [6.45, 7) is 5.49. The average molecular weight is 274 g/mol. The highest BCUT2D eigenvalue weighted by Crippen LogP contribution is 2.33. The van der Waals surface area contributed by atoms with Crippen LogP contribution in [0.4, 0.5) is 0 Å². The van der Waals surface area contributed by atoms with E-state index >= 15 is 0 Å². The van der Waals surface area contributed by atoms with Crippen molar-refractivity contribution in [2.75, 3.05) is 26.7 Å². The molecule has 0 aliphatic carbocycles. The van der Waals surface area contributed by atoms with Crippen LogP contribution in [0.25, 0.3) is 0 Å². The number of likely N-dealkylation sites (tertiary alicyclic amines) is 1. The predicted molar refractivity (Wildman–Crippen MR) is 79.7 cm³/mol. The Kier molecular flexibility index (Phi) is 5.18. The van der Waals surface area contributed by atoms with E-state index in [0.717, 1.165) is 30.7 Å². The third-order valence-corrected chi connectivity index (χ3v) is 3.62. The minimum Gasteiger partial charge on any atom is -0.497 e. The van der Waals surface area contributed by atoms with Gasteiger partial charge in [-0.15, -0.1) is 6.58 Å². The lowest BCUT2D eigenvalue weighted by Gasteiger charge is -2.25. The highest BCUT2D eigenvalue weighted by molar-refractivity contribution is 5.79. The van der Waals surface area contributed by atoms with Gasteiger partial charge in [-0.05, 0) is 30.5 Å². The van der Waals surface area contributed by atoms with Crippen molar-refractivity contribution < 1.29 is 9.53 Å². The molecule has 1 atom stereocenters. The zero-order valence-corrected chi connectivity index (χ0v) is 12.0. The van der Waals surface area contributed by atoms with Crippen LogP contribution in [0.1, 0.15) is 24.4 Å². The largest absolute Gasteiger partial charge is 0.497 e. The van der Waals surface area contributed by atoms with E-state index in [1.807, 2.05) is 23.1 Å². The van der Waals surface area contributed by atoms with E-state index in [1.54, 1.807) is 13.2 Å². The minimum absolute atomic E-state index is 0.150. The molecule has 4 nitrogen and oxygen atoms in total. The molecule has 1 aromatic rings. The normalized spacial score (nSPS) is 18.1. The SMILES string of the molecule is C=CCNCC(=O)N1CCCC1c1cccc(OC)c1. The molecule has 1 fully saturated rings. The zero-order valence-electron chi connectivity index (χ0n) is 12.0. The molecule has 4 heteroatoms. The fourth-order valence-electron chi connectivity index (χ4n) is 2.64. The van der Waals surface area contributed by atoms with Crippen LogP contribution >= 0.6 is 0 Å². The number of carbonyl (C=O) groups excluding carboxylic acids is 1. The lowest BCUT2D eigenvalue weighted by Crippen LogP contribution is -2.37. The number of hydrogen-bond acceptors (Lipinski definition) is 3. The highest BCUT2D eigenvalue weighted by atomic mass is 16.5. The van der Waals surface area contributed by atoms with Gasteiger partial charge in [-0.1, -0.05) is 18.2 Å². The van der Waals surface area contributed by atoms with Crippen LogP contribution in [0.2, 0.25) is 0 Å². The predicted octanol–water partition coefficient (Wildman–Crippen LogP) is 2.13. The fourth-order valence-corrected chi connectivity index (χ4v) is 2.64. The van der Waals surface area contributed by atoms with Gasteiger partial charge in [0.05, 0.1) is 19.7 Å². The molecule has 1 aliphatic heterocycles. The van der Waals surface area contributed by atoms with Crippen LogP contribution in [-0.2, 0) is 4.79 Å². The first-order chi connectivity index (χ1) is 9.76. The summed E-state index contributed by atoms with van der Waals surface area (Å²) in [6.07, 6.45) is 3.83. The van der Waals surface area contributed by atoms with E-state index in [4.69, 9.17) is 4.74 Å². The third kappa shape index (κ3) is 3.39. The van der Waals surface area contributed by atoms with Crippen molar-refractivity contribution in [1.29, 1.82) is 0 Å². The molecule has 0 bridgehead atoms. The van der Waals surface area contributed by atoms with Gasteiger partial charge < -0.3 is 15.0 Å². The summed E-state index contributed by atoms with van der Waals surface area (Å²) in [5.41, 5.74) is 1.15. The Labute approximate surface area is 120 Å². The van der Waals surface area contributed by atoms with Gasteiger partial charge in [0.2, 0.25) is 5.91 Å². The summed E-state index contributed by atoms with van der Waals surface area (Å²) in [5.74, 6) is 0.990. The van der Waals surface area contributed by atoms with E-state index in [9.17, 15) is 4.79 Å². The van der Waals surface area contributed by atoms with E-state index in [2.05, 4.69) is 18.0 Å². The van der Waals surface area contributed by atoms with Crippen LogP contribution in [0, 0.1) is 0 Å². The van der Waals surface area contributed by atoms with Crippen molar-refractivity contribution in [3.05, 3.63) is 42.5 Å². The quantitative estimate of drug-likeness (QED) is 0.638. The Bertz CT molecular complexity index is 473. The molecule has 20 heavy (non-hydrogen) atoms. The topological polar surface area (TPSA) is 41.6 Å². The van der Waals surface area contributed by atoms with E-state index in [0.29, 0.717) is 13.1 Å².